The van der Waals surface area contributed by atoms with Gasteiger partial charge in [0.25, 0.3) is 0 Å². The molecule has 0 aromatic heterocycles. The molecule has 0 fully saturated rings. The van der Waals surface area contributed by atoms with E-state index in [1.165, 1.54) is 18.4 Å². The Morgan fingerprint density at radius 3 is 2.80 bits per heavy atom. The molecular formula is C11H19N3S. The van der Waals surface area contributed by atoms with Crippen LogP contribution in [0.25, 0.3) is 0 Å². The molecule has 0 aliphatic heterocycles. The van der Waals surface area contributed by atoms with Crippen molar-refractivity contribution >= 4 is 23.0 Å². The molecule has 0 aromatic carbocycles. The standard InChI is InChI=1S/C11H19N3S/c1-8(13-14-10(12)15)9-5-4-6-11(2,3)7-9/h7H,4-6H2,1-3H3,(H3,12,14,15)/b13-8+. The largest absolute Gasteiger partial charge is 0.375 e. The molecule has 3 nitrogen and oxygen atoms in total. The van der Waals surface area contributed by atoms with Crippen molar-refractivity contribution in [2.24, 2.45) is 16.3 Å². The maximum absolute atomic E-state index is 5.32. The molecule has 0 atom stereocenters. The minimum atomic E-state index is 0.213. The Kier molecular flexibility index (Phi) is 3.85. The van der Waals surface area contributed by atoms with Crippen molar-refractivity contribution in [2.45, 2.75) is 40.0 Å². The van der Waals surface area contributed by atoms with E-state index in [2.05, 4.69) is 30.5 Å². The van der Waals surface area contributed by atoms with Crippen molar-refractivity contribution < 1.29 is 0 Å². The second-order valence-corrected chi connectivity index (χ2v) is 5.12. The monoisotopic (exact) mass is 225 g/mol. The van der Waals surface area contributed by atoms with Crippen LogP contribution in [0.1, 0.15) is 40.0 Å². The molecule has 15 heavy (non-hydrogen) atoms. The third kappa shape index (κ3) is 4.00. The Labute approximate surface area is 96.8 Å². The van der Waals surface area contributed by atoms with Crippen molar-refractivity contribution in [3.8, 4) is 0 Å². The molecule has 0 saturated heterocycles. The van der Waals surface area contributed by atoms with Crippen LogP contribution in [0.2, 0.25) is 0 Å². The topological polar surface area (TPSA) is 50.4 Å². The summed E-state index contributed by atoms with van der Waals surface area (Å²) in [6.07, 6.45) is 5.86. The lowest BCUT2D eigenvalue weighted by Gasteiger charge is -2.27. The van der Waals surface area contributed by atoms with Crippen molar-refractivity contribution in [3.63, 3.8) is 0 Å². The zero-order valence-corrected chi connectivity index (χ0v) is 10.4. The minimum Gasteiger partial charge on any atom is -0.375 e. The normalized spacial score (nSPS) is 20.7. The molecule has 0 aromatic rings. The Morgan fingerprint density at radius 1 is 1.60 bits per heavy atom. The summed E-state index contributed by atoms with van der Waals surface area (Å²) in [5, 5.41) is 4.36. The average molecular weight is 225 g/mol. The van der Waals surface area contributed by atoms with E-state index in [0.29, 0.717) is 0 Å². The summed E-state index contributed by atoms with van der Waals surface area (Å²) in [5.41, 5.74) is 10.5. The lowest BCUT2D eigenvalue weighted by molar-refractivity contribution is 0.401. The first-order valence-corrected chi connectivity index (χ1v) is 5.63. The average Bonchev–Trinajstić information content (AvgIpc) is 2.12. The van der Waals surface area contributed by atoms with E-state index in [1.54, 1.807) is 0 Å². The highest BCUT2D eigenvalue weighted by Crippen LogP contribution is 2.33. The van der Waals surface area contributed by atoms with E-state index >= 15 is 0 Å². The first-order chi connectivity index (χ1) is 6.91. The van der Waals surface area contributed by atoms with Crippen molar-refractivity contribution in [1.29, 1.82) is 0 Å². The molecule has 0 spiro atoms. The summed E-state index contributed by atoms with van der Waals surface area (Å²) in [5.74, 6) is 0. The summed E-state index contributed by atoms with van der Waals surface area (Å²) < 4.78 is 0. The molecule has 0 radical (unpaired) electrons. The highest BCUT2D eigenvalue weighted by molar-refractivity contribution is 7.80. The summed E-state index contributed by atoms with van der Waals surface area (Å²) in [7, 11) is 0. The third-order valence-electron chi connectivity index (χ3n) is 2.63. The Bertz CT molecular complexity index is 316. The number of nitrogens with one attached hydrogen (secondary N) is 1. The fourth-order valence-electron chi connectivity index (χ4n) is 1.85. The highest BCUT2D eigenvalue weighted by atomic mass is 32.1. The van der Waals surface area contributed by atoms with E-state index in [-0.39, 0.29) is 10.5 Å². The number of allylic oxidation sites excluding steroid dienone is 2. The van der Waals surface area contributed by atoms with Crippen LogP contribution >= 0.6 is 12.2 Å². The quantitative estimate of drug-likeness (QED) is 0.431. The Hall–Kier alpha value is -0.900. The van der Waals surface area contributed by atoms with Crippen LogP contribution in [-0.4, -0.2) is 10.8 Å². The first kappa shape index (κ1) is 12.2. The van der Waals surface area contributed by atoms with Gasteiger partial charge >= 0.3 is 0 Å². The Balaban J connectivity index is 2.75. The van der Waals surface area contributed by atoms with Gasteiger partial charge in [0.05, 0.1) is 5.71 Å². The summed E-state index contributed by atoms with van der Waals surface area (Å²) in [4.78, 5) is 0. The molecule has 0 amide bonds. The van der Waals surface area contributed by atoms with E-state index in [0.717, 1.165) is 12.1 Å². The molecule has 0 unspecified atom stereocenters. The smallest absolute Gasteiger partial charge is 0.184 e. The van der Waals surface area contributed by atoms with Gasteiger partial charge in [-0.05, 0) is 49.4 Å². The van der Waals surface area contributed by atoms with Crippen LogP contribution in [0.15, 0.2) is 16.8 Å². The van der Waals surface area contributed by atoms with Crippen LogP contribution in [0, 0.1) is 5.41 Å². The van der Waals surface area contributed by atoms with E-state index < -0.39 is 0 Å². The molecule has 1 aliphatic rings. The molecule has 1 aliphatic carbocycles. The summed E-state index contributed by atoms with van der Waals surface area (Å²) in [6, 6.07) is 0. The maximum atomic E-state index is 5.32. The molecular weight excluding hydrogens is 206 g/mol. The number of hydrogen-bond acceptors (Lipinski definition) is 2. The predicted molar refractivity (Wildman–Crippen MR) is 68.7 cm³/mol. The van der Waals surface area contributed by atoms with Crippen LogP contribution in [0.4, 0.5) is 0 Å². The van der Waals surface area contributed by atoms with Gasteiger partial charge in [0.1, 0.15) is 0 Å². The SMILES string of the molecule is C/C(=N\NC(N)=S)C1=CC(C)(C)CCC1. The van der Waals surface area contributed by atoms with Gasteiger partial charge in [-0.15, -0.1) is 0 Å². The van der Waals surface area contributed by atoms with Crippen LogP contribution in [-0.2, 0) is 0 Å². The fourth-order valence-corrected chi connectivity index (χ4v) is 1.89. The summed E-state index contributed by atoms with van der Waals surface area (Å²) >= 11 is 4.70. The molecule has 1 rings (SSSR count). The van der Waals surface area contributed by atoms with Gasteiger partial charge in [-0.2, -0.15) is 5.10 Å². The second-order valence-electron chi connectivity index (χ2n) is 4.68. The zero-order valence-electron chi connectivity index (χ0n) is 9.63. The van der Waals surface area contributed by atoms with Gasteiger partial charge in [-0.25, -0.2) is 0 Å². The minimum absolute atomic E-state index is 0.213. The van der Waals surface area contributed by atoms with Gasteiger partial charge < -0.3 is 5.73 Å². The summed E-state index contributed by atoms with van der Waals surface area (Å²) in [6.45, 7) is 6.49. The molecule has 3 N–H and O–H groups in total. The lowest BCUT2D eigenvalue weighted by Crippen LogP contribution is -2.26. The number of nitrogens with two attached hydrogens (primary N) is 1. The van der Waals surface area contributed by atoms with Crippen LogP contribution in [0.5, 0.6) is 0 Å². The van der Waals surface area contributed by atoms with Gasteiger partial charge in [-0.1, -0.05) is 19.9 Å². The number of hydrogen-bond donors (Lipinski definition) is 2. The van der Waals surface area contributed by atoms with Crippen LogP contribution < -0.4 is 11.2 Å². The van der Waals surface area contributed by atoms with Gasteiger partial charge in [0.15, 0.2) is 5.11 Å². The molecule has 0 bridgehead atoms. The number of thiocarbonyl (C=S) groups is 1. The van der Waals surface area contributed by atoms with Crippen LogP contribution in [0.3, 0.4) is 0 Å². The van der Waals surface area contributed by atoms with Gasteiger partial charge in [0.2, 0.25) is 0 Å². The predicted octanol–water partition coefficient (Wildman–Crippen LogP) is 2.33. The molecule has 0 saturated carbocycles. The van der Waals surface area contributed by atoms with E-state index in [9.17, 15) is 0 Å². The van der Waals surface area contributed by atoms with E-state index in [4.69, 9.17) is 18.0 Å². The Morgan fingerprint density at radius 2 is 2.27 bits per heavy atom. The number of hydrazone groups is 1. The zero-order chi connectivity index (χ0) is 11.5. The highest BCUT2D eigenvalue weighted by Gasteiger charge is 2.21. The molecule has 0 heterocycles. The first-order valence-electron chi connectivity index (χ1n) is 5.22. The van der Waals surface area contributed by atoms with Gasteiger partial charge in [-0.3, -0.25) is 5.43 Å². The molecule has 4 heteroatoms. The number of nitrogens with zero attached hydrogens (tertiary/aromatic N) is 1. The van der Waals surface area contributed by atoms with E-state index in [1.807, 2.05) is 6.92 Å². The molecule has 84 valence electrons. The van der Waals surface area contributed by atoms with Crippen molar-refractivity contribution in [1.82, 2.24) is 5.43 Å². The van der Waals surface area contributed by atoms with Crippen molar-refractivity contribution in [2.75, 3.05) is 0 Å². The third-order valence-corrected chi connectivity index (χ3v) is 2.72. The van der Waals surface area contributed by atoms with Crippen molar-refractivity contribution in [3.05, 3.63) is 11.6 Å². The maximum Gasteiger partial charge on any atom is 0.184 e. The second kappa shape index (κ2) is 4.75. The number of rotatable bonds is 2. The lowest BCUT2D eigenvalue weighted by atomic mass is 9.79. The fraction of sp³-hybridized carbons (Fsp3) is 0.636. The van der Waals surface area contributed by atoms with Gasteiger partial charge in [0, 0.05) is 0 Å².